The van der Waals surface area contributed by atoms with Gasteiger partial charge in [0.1, 0.15) is 0 Å². The Morgan fingerprint density at radius 3 is 0.500 bits per heavy atom. The van der Waals surface area contributed by atoms with Crippen molar-refractivity contribution in [3.05, 3.63) is 0 Å². The minimum Gasteiger partial charge on any atom is -0.481 e. The monoisotopic (exact) mass is 603 g/mol. The molecule has 0 amide bonds. The number of hydrogen-bond acceptors (Lipinski definition) is 4. The molecule has 0 heterocycles. The Labute approximate surface area is 263 Å². The average molecular weight is 603 g/mol. The lowest BCUT2D eigenvalue weighted by atomic mass is 9.96. The van der Waals surface area contributed by atoms with Crippen LogP contribution in [0.3, 0.4) is 0 Å². The second kappa shape index (κ2) is 40.4. The first-order chi connectivity index (χ1) is 20.5. The van der Waals surface area contributed by atoms with Crippen LogP contribution in [0.1, 0.15) is 206 Å². The molecule has 0 spiro atoms. The van der Waals surface area contributed by atoms with Crippen LogP contribution < -0.4 is 0 Å². The molecule has 3 saturated carbocycles. The van der Waals surface area contributed by atoms with E-state index in [4.69, 9.17) is 20.4 Å². The average Bonchev–Trinajstić information content (AvgIpc) is 3.04. The number of aliphatic hydroxyl groups excluding tert-OH is 3. The highest BCUT2D eigenvalue weighted by molar-refractivity contribution is 5.73. The van der Waals surface area contributed by atoms with Gasteiger partial charge in [-0.05, 0) is 13.8 Å². The summed E-state index contributed by atoms with van der Waals surface area (Å²) in [6.45, 7) is 2.62. The molecule has 5 heteroatoms. The van der Waals surface area contributed by atoms with Gasteiger partial charge in [-0.2, -0.15) is 0 Å². The van der Waals surface area contributed by atoms with E-state index in [0.29, 0.717) is 0 Å². The fourth-order valence-electron chi connectivity index (χ4n) is 5.37. The lowest BCUT2D eigenvalue weighted by Gasteiger charge is -2.13. The summed E-state index contributed by atoms with van der Waals surface area (Å²) in [7, 11) is 2.00. The first kappa shape index (κ1) is 45.8. The zero-order valence-corrected chi connectivity index (χ0v) is 29.1. The third-order valence-corrected chi connectivity index (χ3v) is 8.47. The smallest absolute Gasteiger partial charge is 0.311 e. The molecule has 5 nitrogen and oxygen atoms in total. The molecule has 0 bridgehead atoms. The molecule has 3 fully saturated rings. The summed E-state index contributed by atoms with van der Waals surface area (Å²) in [6, 6.07) is 0. The van der Waals surface area contributed by atoms with Crippen LogP contribution in [0, 0.1) is 5.41 Å². The molecule has 42 heavy (non-hydrogen) atoms. The van der Waals surface area contributed by atoms with Crippen molar-refractivity contribution in [1.29, 1.82) is 0 Å². The summed E-state index contributed by atoms with van der Waals surface area (Å²) in [4.78, 5) is 10.1. The molecule has 3 rings (SSSR count). The van der Waals surface area contributed by atoms with Crippen LogP contribution in [0.25, 0.3) is 0 Å². The van der Waals surface area contributed by atoms with Crippen LogP contribution in [0.4, 0.5) is 0 Å². The quantitative estimate of drug-likeness (QED) is 0.252. The Hall–Kier alpha value is -0.650. The summed E-state index contributed by atoms with van der Waals surface area (Å²) in [6.07, 6.45) is 45.0. The largest absolute Gasteiger partial charge is 0.481 e. The van der Waals surface area contributed by atoms with Gasteiger partial charge in [0.05, 0.1) is 12.0 Å². The molecule has 0 aromatic carbocycles. The number of aliphatic hydroxyl groups is 3. The first-order valence-corrected chi connectivity index (χ1v) is 18.2. The molecule has 0 atom stereocenters. The number of carboxylic acid groups (broad SMARTS) is 1. The van der Waals surface area contributed by atoms with E-state index in [9.17, 15) is 4.79 Å². The maximum atomic E-state index is 10.1. The second-order valence-electron chi connectivity index (χ2n) is 13.0. The number of aliphatic carboxylic acids is 1. The molecule has 0 unspecified atom stereocenters. The molecule has 3 aliphatic rings. The molecule has 0 radical (unpaired) electrons. The van der Waals surface area contributed by atoms with Crippen molar-refractivity contribution in [2.75, 3.05) is 20.8 Å². The fraction of sp³-hybridized carbons (Fsp3) is 0.973. The van der Waals surface area contributed by atoms with Crippen molar-refractivity contribution in [3.8, 4) is 0 Å². The van der Waals surface area contributed by atoms with Gasteiger partial charge < -0.3 is 20.4 Å². The Bertz CT molecular complexity index is 334. The standard InChI is InChI=1S/3C10H20.C5H10O3.2CH4O/c3*1-2-4-6-8-10-9-7-5-3-1;1-5(2,3-6)4(7)8;2*1-2/h3*1-10H2;6H,3H2,1-2H3,(H,7,8);2*2H,1H3. The van der Waals surface area contributed by atoms with E-state index in [0.717, 1.165) is 14.2 Å². The molecular formula is C37H78O5. The van der Waals surface area contributed by atoms with Crippen LogP contribution >= 0.6 is 0 Å². The van der Waals surface area contributed by atoms with Gasteiger partial charge in [0, 0.05) is 14.2 Å². The normalized spacial score (nSPS) is 19.6. The van der Waals surface area contributed by atoms with E-state index < -0.39 is 11.4 Å². The predicted molar refractivity (Wildman–Crippen MR) is 183 cm³/mol. The lowest BCUT2D eigenvalue weighted by Crippen LogP contribution is -2.27. The van der Waals surface area contributed by atoms with E-state index in [2.05, 4.69) is 0 Å². The molecule has 0 saturated heterocycles. The zero-order chi connectivity index (χ0) is 32.0. The molecule has 0 aromatic rings. The van der Waals surface area contributed by atoms with Crippen LogP contribution in [0.5, 0.6) is 0 Å². The van der Waals surface area contributed by atoms with Crippen molar-refractivity contribution in [2.45, 2.75) is 206 Å². The second-order valence-corrected chi connectivity index (χ2v) is 13.0. The minimum absolute atomic E-state index is 0.317. The van der Waals surface area contributed by atoms with Gasteiger partial charge >= 0.3 is 5.97 Å². The number of hydrogen-bond donors (Lipinski definition) is 4. The van der Waals surface area contributed by atoms with Crippen molar-refractivity contribution >= 4 is 5.97 Å². The molecular weight excluding hydrogens is 524 g/mol. The molecule has 256 valence electrons. The third-order valence-electron chi connectivity index (χ3n) is 8.47. The first-order valence-electron chi connectivity index (χ1n) is 18.2. The zero-order valence-electron chi connectivity index (χ0n) is 29.1. The maximum Gasteiger partial charge on any atom is 0.311 e. The Kier molecular flexibility index (Phi) is 44.0. The van der Waals surface area contributed by atoms with Crippen molar-refractivity contribution in [1.82, 2.24) is 0 Å². The van der Waals surface area contributed by atoms with Gasteiger partial charge in [-0.25, -0.2) is 0 Å². The molecule has 4 N–H and O–H groups in total. The van der Waals surface area contributed by atoms with Gasteiger partial charge in [0.2, 0.25) is 0 Å². The van der Waals surface area contributed by atoms with E-state index in [1.54, 1.807) is 0 Å². The summed E-state index contributed by atoms with van der Waals surface area (Å²) >= 11 is 0. The predicted octanol–water partition coefficient (Wildman–Crippen LogP) is 11.0. The van der Waals surface area contributed by atoms with Gasteiger partial charge in [-0.3, -0.25) is 4.79 Å². The third kappa shape index (κ3) is 39.4. The summed E-state index contributed by atoms with van der Waals surface area (Å²) in [5.41, 5.74) is -0.986. The van der Waals surface area contributed by atoms with Crippen LogP contribution in [0.2, 0.25) is 0 Å². The SMILES string of the molecule is C1CCCCCCCCC1.C1CCCCCCCCC1.C1CCCCCCCCC1.CC(C)(CO)C(=O)O.CO.CO. The Morgan fingerprint density at radius 1 is 0.381 bits per heavy atom. The van der Waals surface area contributed by atoms with E-state index in [-0.39, 0.29) is 6.61 Å². The van der Waals surface area contributed by atoms with Crippen LogP contribution in [0.15, 0.2) is 0 Å². The topological polar surface area (TPSA) is 98.0 Å². The molecule has 0 aromatic heterocycles. The van der Waals surface area contributed by atoms with E-state index >= 15 is 0 Å². The highest BCUT2D eigenvalue weighted by atomic mass is 16.4. The lowest BCUT2D eigenvalue weighted by molar-refractivity contribution is -0.148. The van der Waals surface area contributed by atoms with E-state index in [1.165, 1.54) is 206 Å². The van der Waals surface area contributed by atoms with Crippen LogP contribution in [-0.2, 0) is 4.79 Å². The van der Waals surface area contributed by atoms with Gasteiger partial charge in [0.15, 0.2) is 0 Å². The number of carbonyl (C=O) groups is 1. The Morgan fingerprint density at radius 2 is 0.476 bits per heavy atom. The molecule has 3 aliphatic carbocycles. The number of rotatable bonds is 2. The summed E-state index contributed by atoms with van der Waals surface area (Å²) < 4.78 is 0. The highest BCUT2D eigenvalue weighted by Gasteiger charge is 2.25. The number of carboxylic acids is 1. The fourth-order valence-corrected chi connectivity index (χ4v) is 5.37. The van der Waals surface area contributed by atoms with Gasteiger partial charge in [-0.15, -0.1) is 0 Å². The summed E-state index contributed by atoms with van der Waals surface area (Å²) in [5, 5.41) is 30.7. The van der Waals surface area contributed by atoms with Gasteiger partial charge in [-0.1, -0.05) is 193 Å². The van der Waals surface area contributed by atoms with Gasteiger partial charge in [0.25, 0.3) is 0 Å². The Balaban J connectivity index is -0.000000465. The van der Waals surface area contributed by atoms with Crippen LogP contribution in [-0.4, -0.2) is 47.2 Å². The van der Waals surface area contributed by atoms with Crippen molar-refractivity contribution in [2.24, 2.45) is 5.41 Å². The molecule has 0 aliphatic heterocycles. The minimum atomic E-state index is -0.986. The van der Waals surface area contributed by atoms with Crippen molar-refractivity contribution < 1.29 is 25.2 Å². The highest BCUT2D eigenvalue weighted by Crippen LogP contribution is 2.17. The maximum absolute atomic E-state index is 10.1. The van der Waals surface area contributed by atoms with Crippen molar-refractivity contribution in [3.63, 3.8) is 0 Å². The van der Waals surface area contributed by atoms with E-state index in [1.807, 2.05) is 0 Å². The summed E-state index contributed by atoms with van der Waals surface area (Å²) in [5.74, 6) is -0.972.